The highest BCUT2D eigenvalue weighted by Crippen LogP contribution is 2.20. The molecule has 2 fully saturated rings. The van der Waals surface area contributed by atoms with E-state index < -0.39 is 0 Å². The van der Waals surface area contributed by atoms with Crippen LogP contribution < -0.4 is 15.5 Å². The Balaban J connectivity index is 1.69. The van der Waals surface area contributed by atoms with Crippen LogP contribution in [-0.2, 0) is 0 Å². The van der Waals surface area contributed by atoms with E-state index in [4.69, 9.17) is 0 Å². The number of nitrogens with one attached hydrogen (secondary N) is 2. The Morgan fingerprint density at radius 2 is 2.40 bits per heavy atom. The summed E-state index contributed by atoms with van der Waals surface area (Å²) in [6.07, 6.45) is 2.83. The second-order valence-electron chi connectivity index (χ2n) is 5.14. The van der Waals surface area contributed by atoms with E-state index in [0.717, 1.165) is 45.0 Å². The zero-order valence-electron chi connectivity index (χ0n) is 11.7. The van der Waals surface area contributed by atoms with Crippen molar-refractivity contribution in [1.82, 2.24) is 20.2 Å². The van der Waals surface area contributed by atoms with Crippen LogP contribution in [-0.4, -0.2) is 59.7 Å². The zero-order chi connectivity index (χ0) is 13.9. The fourth-order valence-corrected chi connectivity index (χ4v) is 2.66. The third-order valence-electron chi connectivity index (χ3n) is 3.73. The van der Waals surface area contributed by atoms with Gasteiger partial charge in [-0.1, -0.05) is 6.92 Å². The fourth-order valence-electron chi connectivity index (χ4n) is 2.66. The van der Waals surface area contributed by atoms with Crippen LogP contribution in [0.1, 0.15) is 13.3 Å². The maximum Gasteiger partial charge on any atom is 0.317 e. The van der Waals surface area contributed by atoms with E-state index in [1.807, 2.05) is 11.0 Å². The molecule has 108 valence electrons. The SMILES string of the molecule is CCCNc1nccc(N2CCN3C(=O)NCC3C2)n1. The Bertz CT molecular complexity index is 494. The summed E-state index contributed by atoms with van der Waals surface area (Å²) >= 11 is 0. The van der Waals surface area contributed by atoms with Crippen molar-refractivity contribution in [1.29, 1.82) is 0 Å². The first kappa shape index (κ1) is 13.0. The number of nitrogens with zero attached hydrogens (tertiary/aromatic N) is 4. The summed E-state index contributed by atoms with van der Waals surface area (Å²) in [5, 5.41) is 6.09. The monoisotopic (exact) mass is 276 g/mol. The standard InChI is InChI=1S/C13H20N6O/c1-2-4-14-12-15-5-3-11(17-12)18-6-7-19-10(9-18)8-16-13(19)20/h3,5,10H,2,4,6-9H2,1H3,(H,16,20)(H,14,15,17). The highest BCUT2D eigenvalue weighted by molar-refractivity contribution is 5.77. The molecule has 0 saturated carbocycles. The van der Waals surface area contributed by atoms with Gasteiger partial charge in [0.2, 0.25) is 5.95 Å². The molecular weight excluding hydrogens is 256 g/mol. The average Bonchev–Trinajstić information content (AvgIpc) is 2.86. The first-order chi connectivity index (χ1) is 9.78. The lowest BCUT2D eigenvalue weighted by Gasteiger charge is -2.37. The predicted molar refractivity (Wildman–Crippen MR) is 76.9 cm³/mol. The Morgan fingerprint density at radius 1 is 1.50 bits per heavy atom. The second-order valence-corrected chi connectivity index (χ2v) is 5.14. The number of piperazine rings is 1. The lowest BCUT2D eigenvalue weighted by atomic mass is 10.2. The fraction of sp³-hybridized carbons (Fsp3) is 0.615. The van der Waals surface area contributed by atoms with Crippen LogP contribution >= 0.6 is 0 Å². The van der Waals surface area contributed by atoms with Crippen LogP contribution in [0.4, 0.5) is 16.6 Å². The zero-order valence-corrected chi connectivity index (χ0v) is 11.7. The van der Waals surface area contributed by atoms with Gasteiger partial charge in [0.1, 0.15) is 5.82 Å². The molecule has 3 heterocycles. The molecule has 0 aromatic carbocycles. The predicted octanol–water partition coefficient (Wildman–Crippen LogP) is 0.512. The number of hydrogen-bond acceptors (Lipinski definition) is 5. The minimum atomic E-state index is 0.0580. The van der Waals surface area contributed by atoms with E-state index >= 15 is 0 Å². The average molecular weight is 276 g/mol. The molecule has 7 nitrogen and oxygen atoms in total. The minimum absolute atomic E-state index is 0.0580. The normalized spacial score (nSPS) is 21.6. The molecule has 2 aliphatic heterocycles. The van der Waals surface area contributed by atoms with E-state index in [1.54, 1.807) is 6.20 Å². The van der Waals surface area contributed by atoms with Crippen LogP contribution in [0, 0.1) is 0 Å². The topological polar surface area (TPSA) is 73.4 Å². The number of fused-ring (bicyclic) bond motifs is 1. The molecular formula is C13H20N6O. The van der Waals surface area contributed by atoms with Crippen molar-refractivity contribution in [3.8, 4) is 0 Å². The number of carbonyl (C=O) groups is 1. The van der Waals surface area contributed by atoms with Gasteiger partial charge in [0.05, 0.1) is 6.04 Å². The van der Waals surface area contributed by atoms with Crippen LogP contribution in [0.25, 0.3) is 0 Å². The molecule has 1 atom stereocenters. The molecule has 0 aliphatic carbocycles. The van der Waals surface area contributed by atoms with E-state index in [0.29, 0.717) is 5.95 Å². The van der Waals surface area contributed by atoms with Gasteiger partial charge in [-0.2, -0.15) is 4.98 Å². The van der Waals surface area contributed by atoms with Gasteiger partial charge < -0.3 is 20.4 Å². The minimum Gasteiger partial charge on any atom is -0.354 e. The molecule has 1 unspecified atom stereocenters. The van der Waals surface area contributed by atoms with Crippen LogP contribution in [0.3, 0.4) is 0 Å². The van der Waals surface area contributed by atoms with Crippen LogP contribution in [0.15, 0.2) is 12.3 Å². The quantitative estimate of drug-likeness (QED) is 0.838. The van der Waals surface area contributed by atoms with Gasteiger partial charge in [-0.3, -0.25) is 0 Å². The molecule has 1 aromatic rings. The Morgan fingerprint density at radius 3 is 3.25 bits per heavy atom. The van der Waals surface area contributed by atoms with E-state index in [9.17, 15) is 4.79 Å². The largest absolute Gasteiger partial charge is 0.354 e. The van der Waals surface area contributed by atoms with E-state index in [1.165, 1.54) is 0 Å². The molecule has 2 amide bonds. The molecule has 0 radical (unpaired) electrons. The summed E-state index contributed by atoms with van der Waals surface area (Å²) in [7, 11) is 0. The number of aromatic nitrogens is 2. The van der Waals surface area contributed by atoms with Gasteiger partial charge in [0, 0.05) is 38.9 Å². The number of urea groups is 1. The summed E-state index contributed by atoms with van der Waals surface area (Å²) < 4.78 is 0. The van der Waals surface area contributed by atoms with E-state index in [2.05, 4.69) is 32.4 Å². The number of hydrogen-bond donors (Lipinski definition) is 2. The third kappa shape index (κ3) is 2.48. The van der Waals surface area contributed by atoms with Gasteiger partial charge in [-0.25, -0.2) is 9.78 Å². The van der Waals surface area contributed by atoms with Gasteiger partial charge >= 0.3 is 6.03 Å². The third-order valence-corrected chi connectivity index (χ3v) is 3.73. The lowest BCUT2D eigenvalue weighted by Crippen LogP contribution is -2.52. The maximum absolute atomic E-state index is 11.6. The first-order valence-electron chi connectivity index (χ1n) is 7.14. The highest BCUT2D eigenvalue weighted by Gasteiger charge is 2.35. The van der Waals surface area contributed by atoms with Crippen molar-refractivity contribution in [2.24, 2.45) is 0 Å². The highest BCUT2D eigenvalue weighted by atomic mass is 16.2. The first-order valence-corrected chi connectivity index (χ1v) is 7.14. The lowest BCUT2D eigenvalue weighted by molar-refractivity contribution is 0.197. The second kappa shape index (κ2) is 5.52. The molecule has 0 spiro atoms. The summed E-state index contributed by atoms with van der Waals surface area (Å²) in [6.45, 7) is 6.09. The maximum atomic E-state index is 11.6. The molecule has 7 heteroatoms. The van der Waals surface area contributed by atoms with Gasteiger partial charge in [0.25, 0.3) is 0 Å². The van der Waals surface area contributed by atoms with Crippen LogP contribution in [0.2, 0.25) is 0 Å². The molecule has 2 aliphatic rings. The van der Waals surface area contributed by atoms with Crippen molar-refractivity contribution in [2.45, 2.75) is 19.4 Å². The smallest absolute Gasteiger partial charge is 0.317 e. The van der Waals surface area contributed by atoms with Crippen molar-refractivity contribution >= 4 is 17.8 Å². The Kier molecular flexibility index (Phi) is 3.58. The molecule has 1 aromatic heterocycles. The Hall–Kier alpha value is -2.05. The molecule has 0 bridgehead atoms. The summed E-state index contributed by atoms with van der Waals surface area (Å²) in [6, 6.07) is 2.23. The van der Waals surface area contributed by atoms with Gasteiger partial charge in [-0.05, 0) is 12.5 Å². The number of carbonyl (C=O) groups excluding carboxylic acids is 1. The summed E-state index contributed by atoms with van der Waals surface area (Å²) in [4.78, 5) is 24.5. The molecule has 20 heavy (non-hydrogen) atoms. The van der Waals surface area contributed by atoms with E-state index in [-0.39, 0.29) is 12.1 Å². The van der Waals surface area contributed by atoms with Gasteiger partial charge in [-0.15, -0.1) is 0 Å². The summed E-state index contributed by atoms with van der Waals surface area (Å²) in [5.74, 6) is 1.60. The number of anilines is 2. The van der Waals surface area contributed by atoms with Crippen LogP contribution in [0.5, 0.6) is 0 Å². The number of amides is 2. The van der Waals surface area contributed by atoms with Crippen molar-refractivity contribution in [3.05, 3.63) is 12.3 Å². The molecule has 2 saturated heterocycles. The number of rotatable bonds is 4. The van der Waals surface area contributed by atoms with Gasteiger partial charge in [0.15, 0.2) is 0 Å². The molecule has 3 rings (SSSR count). The Labute approximate surface area is 118 Å². The molecule has 2 N–H and O–H groups in total. The summed E-state index contributed by atoms with van der Waals surface area (Å²) in [5.41, 5.74) is 0. The van der Waals surface area contributed by atoms with Crippen molar-refractivity contribution in [3.63, 3.8) is 0 Å². The van der Waals surface area contributed by atoms with Crippen molar-refractivity contribution < 1.29 is 4.79 Å². The van der Waals surface area contributed by atoms with Crippen molar-refractivity contribution in [2.75, 3.05) is 42.9 Å².